The Labute approximate surface area is 111 Å². The van der Waals surface area contributed by atoms with E-state index in [0.29, 0.717) is 18.8 Å². The van der Waals surface area contributed by atoms with Crippen LogP contribution in [0.5, 0.6) is 5.75 Å². The van der Waals surface area contributed by atoms with E-state index in [4.69, 9.17) is 14.2 Å². The van der Waals surface area contributed by atoms with Gasteiger partial charge in [-0.2, -0.15) is 0 Å². The van der Waals surface area contributed by atoms with Crippen molar-refractivity contribution in [3.63, 3.8) is 0 Å². The zero-order valence-corrected chi connectivity index (χ0v) is 11.0. The van der Waals surface area contributed by atoms with Crippen molar-refractivity contribution >= 4 is 11.9 Å². The van der Waals surface area contributed by atoms with Crippen LogP contribution in [-0.4, -0.2) is 31.3 Å². The van der Waals surface area contributed by atoms with Crippen molar-refractivity contribution in [2.75, 3.05) is 13.2 Å². The Kier molecular flexibility index (Phi) is 4.04. The van der Waals surface area contributed by atoms with Gasteiger partial charge in [-0.3, -0.25) is 0 Å². The van der Waals surface area contributed by atoms with Crippen molar-refractivity contribution in [3.8, 4) is 5.75 Å². The number of benzene rings is 1. The average molecular weight is 264 g/mol. The van der Waals surface area contributed by atoms with E-state index < -0.39 is 18.0 Å². The zero-order valence-electron chi connectivity index (χ0n) is 11.0. The Morgan fingerprint density at radius 2 is 2.00 bits per heavy atom. The van der Waals surface area contributed by atoms with Gasteiger partial charge in [0.15, 0.2) is 6.61 Å². The molecule has 1 aliphatic rings. The molecule has 1 saturated heterocycles. The van der Waals surface area contributed by atoms with Gasteiger partial charge < -0.3 is 14.2 Å². The lowest BCUT2D eigenvalue weighted by atomic mass is 10.1. The Bertz CT molecular complexity index is 474. The summed E-state index contributed by atoms with van der Waals surface area (Å²) in [5.74, 6) is -0.439. The van der Waals surface area contributed by atoms with Gasteiger partial charge in [-0.1, -0.05) is 6.07 Å². The molecule has 5 heteroatoms. The van der Waals surface area contributed by atoms with Crippen LogP contribution >= 0.6 is 0 Å². The molecule has 2 rings (SSSR count). The minimum absolute atomic E-state index is 0.216. The number of hydrogen-bond donors (Lipinski definition) is 0. The minimum Gasteiger partial charge on any atom is -0.482 e. The summed E-state index contributed by atoms with van der Waals surface area (Å²) in [6, 6.07) is 5.69. The van der Waals surface area contributed by atoms with Gasteiger partial charge in [0.1, 0.15) is 5.75 Å². The fourth-order valence-electron chi connectivity index (χ4n) is 1.94. The maximum absolute atomic E-state index is 11.5. The highest BCUT2D eigenvalue weighted by atomic mass is 16.6. The lowest BCUT2D eigenvalue weighted by Crippen LogP contribution is -2.26. The fraction of sp³-hybridized carbons (Fsp3) is 0.429. The first-order valence-electron chi connectivity index (χ1n) is 6.12. The normalized spacial score (nSPS) is 18.0. The second kappa shape index (κ2) is 5.73. The highest BCUT2D eigenvalue weighted by Crippen LogP contribution is 2.16. The van der Waals surface area contributed by atoms with Gasteiger partial charge in [-0.25, -0.2) is 9.59 Å². The molecule has 0 saturated carbocycles. The Hall–Kier alpha value is -2.04. The molecule has 19 heavy (non-hydrogen) atoms. The van der Waals surface area contributed by atoms with Gasteiger partial charge in [0.25, 0.3) is 0 Å². The molecule has 1 aromatic carbocycles. The van der Waals surface area contributed by atoms with E-state index in [9.17, 15) is 9.59 Å². The molecule has 0 radical (unpaired) electrons. The number of ether oxygens (including phenoxy) is 3. The number of carbonyl (C=O) groups excluding carboxylic acids is 2. The number of carbonyl (C=O) groups is 2. The SMILES string of the molecule is Cc1cc(C)cc(OCC(=O)OC2CCOC2=O)c1. The Morgan fingerprint density at radius 1 is 1.32 bits per heavy atom. The number of hydrogen-bond acceptors (Lipinski definition) is 5. The summed E-state index contributed by atoms with van der Waals surface area (Å²) < 4.78 is 15.0. The van der Waals surface area contributed by atoms with Crippen molar-refractivity contribution in [1.29, 1.82) is 0 Å². The van der Waals surface area contributed by atoms with Crippen LogP contribution in [-0.2, 0) is 19.1 Å². The van der Waals surface area contributed by atoms with Crippen molar-refractivity contribution in [3.05, 3.63) is 29.3 Å². The smallest absolute Gasteiger partial charge is 0.347 e. The van der Waals surface area contributed by atoms with Crippen molar-refractivity contribution in [2.45, 2.75) is 26.4 Å². The summed E-state index contributed by atoms with van der Waals surface area (Å²) in [7, 11) is 0. The Balaban J connectivity index is 1.84. The lowest BCUT2D eigenvalue weighted by molar-refractivity contribution is -0.161. The molecule has 0 N–H and O–H groups in total. The van der Waals surface area contributed by atoms with Crippen LogP contribution in [0.25, 0.3) is 0 Å². The van der Waals surface area contributed by atoms with Gasteiger partial charge in [0.2, 0.25) is 6.10 Å². The van der Waals surface area contributed by atoms with E-state index in [1.165, 1.54) is 0 Å². The van der Waals surface area contributed by atoms with Crippen LogP contribution in [0.3, 0.4) is 0 Å². The van der Waals surface area contributed by atoms with E-state index in [-0.39, 0.29) is 6.61 Å². The molecule has 0 aliphatic carbocycles. The van der Waals surface area contributed by atoms with Gasteiger partial charge in [0.05, 0.1) is 6.61 Å². The minimum atomic E-state index is -0.782. The first kappa shape index (κ1) is 13.4. The molecule has 0 bridgehead atoms. The van der Waals surface area contributed by atoms with Crippen molar-refractivity contribution in [1.82, 2.24) is 0 Å². The summed E-state index contributed by atoms with van der Waals surface area (Å²) in [6.07, 6.45) is -0.371. The molecule has 5 nitrogen and oxygen atoms in total. The first-order chi connectivity index (χ1) is 9.04. The topological polar surface area (TPSA) is 61.8 Å². The fourth-order valence-corrected chi connectivity index (χ4v) is 1.94. The summed E-state index contributed by atoms with van der Waals surface area (Å²) in [6.45, 7) is 3.99. The van der Waals surface area contributed by atoms with Gasteiger partial charge in [-0.05, 0) is 37.1 Å². The van der Waals surface area contributed by atoms with Gasteiger partial charge in [0, 0.05) is 6.42 Å². The molecule has 102 valence electrons. The third kappa shape index (κ3) is 3.71. The summed E-state index contributed by atoms with van der Waals surface area (Å²) in [5, 5.41) is 0. The quantitative estimate of drug-likeness (QED) is 0.772. The van der Waals surface area contributed by atoms with Crippen LogP contribution in [0.4, 0.5) is 0 Å². The molecule has 0 spiro atoms. The molecule has 0 amide bonds. The van der Waals surface area contributed by atoms with Crippen LogP contribution in [0.1, 0.15) is 17.5 Å². The first-order valence-corrected chi connectivity index (χ1v) is 6.12. The Morgan fingerprint density at radius 3 is 2.58 bits per heavy atom. The molecular formula is C14H16O5. The molecular weight excluding hydrogens is 248 g/mol. The molecule has 1 fully saturated rings. The number of cyclic esters (lactones) is 1. The third-order valence-corrected chi connectivity index (χ3v) is 2.71. The van der Waals surface area contributed by atoms with Crippen molar-refractivity contribution in [2.24, 2.45) is 0 Å². The highest BCUT2D eigenvalue weighted by Gasteiger charge is 2.30. The van der Waals surface area contributed by atoms with Crippen LogP contribution in [0.15, 0.2) is 18.2 Å². The van der Waals surface area contributed by atoms with Crippen LogP contribution in [0.2, 0.25) is 0 Å². The average Bonchev–Trinajstić information content (AvgIpc) is 2.71. The third-order valence-electron chi connectivity index (χ3n) is 2.71. The summed E-state index contributed by atoms with van der Waals surface area (Å²) in [4.78, 5) is 22.7. The molecule has 1 aromatic rings. The molecule has 1 unspecified atom stereocenters. The standard InChI is InChI=1S/C14H16O5/c1-9-5-10(2)7-11(6-9)18-8-13(15)19-12-3-4-17-14(12)16/h5-7,12H,3-4,8H2,1-2H3. The second-order valence-corrected chi connectivity index (χ2v) is 4.55. The van der Waals surface area contributed by atoms with Gasteiger partial charge in [-0.15, -0.1) is 0 Å². The van der Waals surface area contributed by atoms with Crippen LogP contribution < -0.4 is 4.74 Å². The second-order valence-electron chi connectivity index (χ2n) is 4.55. The monoisotopic (exact) mass is 264 g/mol. The van der Waals surface area contributed by atoms with Crippen molar-refractivity contribution < 1.29 is 23.8 Å². The van der Waals surface area contributed by atoms with E-state index >= 15 is 0 Å². The number of esters is 2. The predicted molar refractivity (Wildman–Crippen MR) is 66.9 cm³/mol. The molecule has 1 aliphatic heterocycles. The molecule has 0 aromatic heterocycles. The summed E-state index contributed by atoms with van der Waals surface area (Å²) >= 11 is 0. The number of rotatable bonds is 4. The zero-order chi connectivity index (χ0) is 13.8. The maximum atomic E-state index is 11.5. The van der Waals surface area contributed by atoms with Gasteiger partial charge >= 0.3 is 11.9 Å². The maximum Gasteiger partial charge on any atom is 0.347 e. The van der Waals surface area contributed by atoms with E-state index in [0.717, 1.165) is 11.1 Å². The highest BCUT2D eigenvalue weighted by molar-refractivity contribution is 5.81. The largest absolute Gasteiger partial charge is 0.482 e. The van der Waals surface area contributed by atoms with E-state index in [1.54, 1.807) is 0 Å². The lowest BCUT2D eigenvalue weighted by Gasteiger charge is -2.10. The number of aryl methyl sites for hydroxylation is 2. The molecule has 1 heterocycles. The molecule has 1 atom stereocenters. The predicted octanol–water partition coefficient (Wildman–Crippen LogP) is 1.54. The van der Waals surface area contributed by atoms with E-state index in [2.05, 4.69) is 0 Å². The summed E-state index contributed by atoms with van der Waals surface area (Å²) in [5.41, 5.74) is 2.12. The van der Waals surface area contributed by atoms with Crippen LogP contribution in [0, 0.1) is 13.8 Å². The van der Waals surface area contributed by atoms with E-state index in [1.807, 2.05) is 32.0 Å².